The van der Waals surface area contributed by atoms with E-state index in [1.54, 1.807) is 37.7 Å². The summed E-state index contributed by atoms with van der Waals surface area (Å²) in [6, 6.07) is 0. The first-order valence-electron chi connectivity index (χ1n) is 16.1. The quantitative estimate of drug-likeness (QED) is 0.145. The van der Waals surface area contributed by atoms with E-state index in [-0.39, 0.29) is 86.4 Å². The molecule has 288 valence electrons. The van der Waals surface area contributed by atoms with Crippen molar-refractivity contribution in [2.45, 2.75) is 27.7 Å². The second-order valence-corrected chi connectivity index (χ2v) is 13.1. The largest absolute Gasteiger partial charge is 0.338 e. The Balaban J connectivity index is -0.000000741. The van der Waals surface area contributed by atoms with Crippen molar-refractivity contribution in [2.75, 3.05) is 123 Å². The van der Waals surface area contributed by atoms with Gasteiger partial charge in [0.1, 0.15) is 12.6 Å². The molecule has 0 saturated carbocycles. The number of ketones is 1. The zero-order chi connectivity index (χ0) is 39.9. The standard InChI is InChI=1S/C16H28N4O5.C10H20N2O2.C7H14N2O2/c1-12(2)16(25)20(6)11-15(24)19(5)10-14(23)18(4)9-13(22)17(3)7-8-21;1-8(2)9(13)6-12(5)10(14)7-11(3)4;1-8(2)6-7(11)9(3)4-5-10/h8,12H,7,9-11H2,1-6H3;8H,6-7H2,1-5H3;5H,4,6H2,1-3H3. The van der Waals surface area contributed by atoms with E-state index in [1.807, 2.05) is 42.0 Å². The van der Waals surface area contributed by atoms with Crippen molar-refractivity contribution in [3.05, 3.63) is 0 Å². The Morgan fingerprint density at radius 3 is 0.980 bits per heavy atom. The Morgan fingerprint density at radius 1 is 0.400 bits per heavy atom. The van der Waals surface area contributed by atoms with Gasteiger partial charge in [-0.05, 0) is 28.2 Å². The van der Waals surface area contributed by atoms with Crippen LogP contribution in [0.5, 0.6) is 0 Å². The molecule has 0 heterocycles. The van der Waals surface area contributed by atoms with Crippen LogP contribution in [0.4, 0.5) is 0 Å². The van der Waals surface area contributed by atoms with Crippen LogP contribution in [-0.2, 0) is 43.2 Å². The third kappa shape index (κ3) is 24.0. The van der Waals surface area contributed by atoms with Crippen molar-refractivity contribution in [3.8, 4) is 0 Å². The Hall–Kier alpha value is -4.25. The lowest BCUT2D eigenvalue weighted by Gasteiger charge is -2.25. The molecule has 0 spiro atoms. The molecule has 0 saturated heterocycles. The number of rotatable bonds is 18. The summed E-state index contributed by atoms with van der Waals surface area (Å²) in [4.78, 5) is 113. The van der Waals surface area contributed by atoms with Gasteiger partial charge in [0.2, 0.25) is 35.4 Å². The first kappa shape index (κ1) is 50.1. The van der Waals surface area contributed by atoms with Gasteiger partial charge in [0.05, 0.1) is 52.4 Å². The van der Waals surface area contributed by atoms with Gasteiger partial charge in [0.25, 0.3) is 0 Å². The van der Waals surface area contributed by atoms with Gasteiger partial charge in [-0.15, -0.1) is 0 Å². The molecule has 0 aliphatic carbocycles. The predicted molar refractivity (Wildman–Crippen MR) is 190 cm³/mol. The number of hydrogen-bond donors (Lipinski definition) is 0. The minimum Gasteiger partial charge on any atom is -0.338 e. The summed E-state index contributed by atoms with van der Waals surface area (Å²) in [6.07, 6.45) is 1.31. The molecule has 17 nitrogen and oxygen atoms in total. The van der Waals surface area contributed by atoms with Gasteiger partial charge in [-0.25, -0.2) is 0 Å². The highest BCUT2D eigenvalue weighted by atomic mass is 16.2. The third-order valence-electron chi connectivity index (χ3n) is 6.75. The molecule has 0 aliphatic heterocycles. The second-order valence-electron chi connectivity index (χ2n) is 13.1. The van der Waals surface area contributed by atoms with Crippen LogP contribution in [-0.4, -0.2) is 216 Å². The number of aldehydes is 2. The van der Waals surface area contributed by atoms with E-state index in [9.17, 15) is 43.2 Å². The number of amides is 6. The maximum atomic E-state index is 12.1. The van der Waals surface area contributed by atoms with Gasteiger partial charge in [0, 0.05) is 54.1 Å². The van der Waals surface area contributed by atoms with Crippen LogP contribution in [0.1, 0.15) is 27.7 Å². The van der Waals surface area contributed by atoms with Crippen LogP contribution in [0.3, 0.4) is 0 Å². The average Bonchev–Trinajstić information content (AvgIpc) is 3.00. The maximum absolute atomic E-state index is 12.1. The molecule has 0 aromatic carbocycles. The zero-order valence-corrected chi connectivity index (χ0v) is 32.7. The molecular weight excluding hydrogens is 652 g/mol. The molecule has 0 rings (SSSR count). The summed E-state index contributed by atoms with van der Waals surface area (Å²) in [5, 5.41) is 0. The lowest BCUT2D eigenvalue weighted by atomic mass is 10.1. The van der Waals surface area contributed by atoms with Crippen molar-refractivity contribution in [1.29, 1.82) is 0 Å². The summed E-state index contributed by atoms with van der Waals surface area (Å²) in [5.74, 6) is -1.52. The molecule has 0 radical (unpaired) electrons. The smallest absolute Gasteiger partial charge is 0.242 e. The third-order valence-corrected chi connectivity index (χ3v) is 6.75. The molecule has 0 N–H and O–H groups in total. The number of nitrogens with zero attached hydrogens (tertiary/aromatic N) is 8. The van der Waals surface area contributed by atoms with Crippen molar-refractivity contribution in [2.24, 2.45) is 11.8 Å². The Morgan fingerprint density at radius 2 is 0.680 bits per heavy atom. The average molecular weight is 715 g/mol. The maximum Gasteiger partial charge on any atom is 0.242 e. The van der Waals surface area contributed by atoms with Crippen LogP contribution >= 0.6 is 0 Å². The van der Waals surface area contributed by atoms with E-state index in [1.165, 1.54) is 57.6 Å². The fourth-order valence-electron chi connectivity index (χ4n) is 3.38. The lowest BCUT2D eigenvalue weighted by molar-refractivity contribution is -0.144. The Kier molecular flexibility index (Phi) is 26.7. The van der Waals surface area contributed by atoms with Gasteiger partial charge < -0.3 is 48.8 Å². The van der Waals surface area contributed by atoms with Crippen LogP contribution in [0.25, 0.3) is 0 Å². The van der Waals surface area contributed by atoms with Gasteiger partial charge in [-0.1, -0.05) is 27.7 Å². The predicted octanol–water partition coefficient (Wildman–Crippen LogP) is -1.89. The topological polar surface area (TPSA) is 180 Å². The number of carbonyl (C=O) groups excluding carboxylic acids is 9. The Bertz CT molecular complexity index is 1130. The fourth-order valence-corrected chi connectivity index (χ4v) is 3.38. The molecule has 50 heavy (non-hydrogen) atoms. The van der Waals surface area contributed by atoms with E-state index >= 15 is 0 Å². The second kappa shape index (κ2) is 26.6. The molecular formula is C33H62N8O9. The van der Waals surface area contributed by atoms with E-state index in [0.29, 0.717) is 25.7 Å². The molecule has 6 amide bonds. The number of hydrogen-bond acceptors (Lipinski definition) is 11. The van der Waals surface area contributed by atoms with E-state index < -0.39 is 5.91 Å². The number of carbonyl (C=O) groups is 9. The normalized spacial score (nSPS) is 10.3. The number of Topliss-reactive ketones (excluding diaryl/α,β-unsaturated/α-hetero) is 1. The summed E-state index contributed by atoms with van der Waals surface area (Å²) in [6.45, 7) is 7.69. The summed E-state index contributed by atoms with van der Waals surface area (Å²) in [7, 11) is 16.5. The molecule has 0 bridgehead atoms. The fraction of sp³-hybridized carbons (Fsp3) is 0.727. The Labute approximate surface area is 298 Å². The van der Waals surface area contributed by atoms with Crippen LogP contribution in [0, 0.1) is 11.8 Å². The monoisotopic (exact) mass is 714 g/mol. The van der Waals surface area contributed by atoms with Crippen molar-refractivity contribution < 1.29 is 43.2 Å². The summed E-state index contributed by atoms with van der Waals surface area (Å²) < 4.78 is 0. The van der Waals surface area contributed by atoms with Gasteiger partial charge in [0.15, 0.2) is 5.78 Å². The van der Waals surface area contributed by atoms with Gasteiger partial charge in [-0.2, -0.15) is 0 Å². The number of likely N-dealkylation sites (N-methyl/N-ethyl adjacent to an activating group) is 8. The van der Waals surface area contributed by atoms with Crippen LogP contribution in [0.2, 0.25) is 0 Å². The molecule has 0 atom stereocenters. The molecule has 0 aromatic heterocycles. The molecule has 0 fully saturated rings. The van der Waals surface area contributed by atoms with E-state index in [0.717, 1.165) is 0 Å². The van der Waals surface area contributed by atoms with Crippen molar-refractivity contribution >= 4 is 53.8 Å². The highest BCUT2D eigenvalue weighted by molar-refractivity contribution is 5.90. The SMILES string of the molecule is CC(C)C(=O)CN(C)C(=O)CN(C)C.CC(C)C(=O)N(C)CC(=O)N(C)CC(=O)N(C)CC(=O)N(C)CC=O.CN(C)CC(=O)N(C)CC=O. The van der Waals surface area contributed by atoms with Crippen LogP contribution < -0.4 is 0 Å². The first-order valence-corrected chi connectivity index (χ1v) is 16.1. The summed E-state index contributed by atoms with van der Waals surface area (Å²) >= 11 is 0. The highest BCUT2D eigenvalue weighted by Crippen LogP contribution is 2.01. The van der Waals surface area contributed by atoms with Crippen molar-refractivity contribution in [1.82, 2.24) is 39.2 Å². The minimum absolute atomic E-state index is 0.00962. The minimum atomic E-state index is -0.415. The van der Waals surface area contributed by atoms with E-state index in [4.69, 9.17) is 0 Å². The highest BCUT2D eigenvalue weighted by Gasteiger charge is 2.22. The van der Waals surface area contributed by atoms with Gasteiger partial charge >= 0.3 is 0 Å². The van der Waals surface area contributed by atoms with Crippen molar-refractivity contribution in [3.63, 3.8) is 0 Å². The molecule has 0 aromatic rings. The zero-order valence-electron chi connectivity index (χ0n) is 32.7. The molecule has 0 aliphatic rings. The summed E-state index contributed by atoms with van der Waals surface area (Å²) in [5.41, 5.74) is 0. The van der Waals surface area contributed by atoms with E-state index in [2.05, 4.69) is 0 Å². The molecule has 17 heteroatoms. The van der Waals surface area contributed by atoms with Crippen LogP contribution in [0.15, 0.2) is 0 Å². The first-order chi connectivity index (χ1) is 22.9. The lowest BCUT2D eigenvalue weighted by Crippen LogP contribution is -2.46. The van der Waals surface area contributed by atoms with Gasteiger partial charge in [-0.3, -0.25) is 33.6 Å². The molecule has 0 unspecified atom stereocenters.